The van der Waals surface area contributed by atoms with Crippen LogP contribution in [0.5, 0.6) is 0 Å². The Balaban J connectivity index is 1.98. The van der Waals surface area contributed by atoms with E-state index in [-0.39, 0.29) is 6.10 Å². The molecule has 1 aromatic rings. The third-order valence-corrected chi connectivity index (χ3v) is 2.75. The lowest BCUT2D eigenvalue weighted by molar-refractivity contribution is 0.0339. The third-order valence-electron chi connectivity index (χ3n) is 2.75. The Morgan fingerprint density at radius 3 is 3.29 bits per heavy atom. The van der Waals surface area contributed by atoms with E-state index in [1.54, 1.807) is 18.3 Å². The molecule has 5 nitrogen and oxygen atoms in total. The van der Waals surface area contributed by atoms with Gasteiger partial charge in [-0.2, -0.15) is 5.26 Å². The topological polar surface area (TPSA) is 61.2 Å². The van der Waals surface area contributed by atoms with Crippen molar-refractivity contribution in [3.63, 3.8) is 0 Å². The number of pyridine rings is 1. The number of aromatic nitrogens is 1. The van der Waals surface area contributed by atoms with Crippen LogP contribution in [0.4, 0.5) is 5.82 Å². The van der Waals surface area contributed by atoms with Crippen LogP contribution in [0, 0.1) is 11.3 Å². The van der Waals surface area contributed by atoms with Gasteiger partial charge >= 0.3 is 0 Å². The quantitative estimate of drug-likeness (QED) is 0.816. The minimum atomic E-state index is 0.182. The summed E-state index contributed by atoms with van der Waals surface area (Å²) in [5.74, 6) is 0.804. The zero-order valence-corrected chi connectivity index (χ0v) is 9.89. The van der Waals surface area contributed by atoms with Gasteiger partial charge in [-0.25, -0.2) is 4.98 Å². The van der Waals surface area contributed by atoms with Gasteiger partial charge in [-0.05, 0) is 12.1 Å². The highest BCUT2D eigenvalue weighted by molar-refractivity contribution is 5.44. The summed E-state index contributed by atoms with van der Waals surface area (Å²) in [4.78, 5) is 6.26. The average molecular weight is 232 g/mol. The molecule has 1 fully saturated rings. The molecule has 0 amide bonds. The van der Waals surface area contributed by atoms with Crippen LogP contribution >= 0.6 is 0 Å². The van der Waals surface area contributed by atoms with Gasteiger partial charge in [0, 0.05) is 32.9 Å². The van der Waals surface area contributed by atoms with E-state index in [2.05, 4.69) is 16.4 Å². The van der Waals surface area contributed by atoms with Crippen molar-refractivity contribution in [3.05, 3.63) is 23.9 Å². The first-order valence-electron chi connectivity index (χ1n) is 5.69. The largest absolute Gasteiger partial charge is 0.374 e. The predicted octanol–water partition coefficient (Wildman–Crippen LogP) is 0.378. The number of nitriles is 1. The molecule has 0 bridgehead atoms. The molecular weight excluding hydrogens is 216 g/mol. The fraction of sp³-hybridized carbons (Fsp3) is 0.500. The number of likely N-dealkylation sites (N-methyl/N-ethyl adjacent to an activating group) is 1. The zero-order valence-electron chi connectivity index (χ0n) is 9.89. The Bertz CT molecular complexity index is 409. The van der Waals surface area contributed by atoms with Crippen molar-refractivity contribution in [3.8, 4) is 6.07 Å². The fourth-order valence-corrected chi connectivity index (χ4v) is 1.83. The number of rotatable bonds is 3. The molecule has 1 unspecified atom stereocenters. The van der Waals surface area contributed by atoms with E-state index in [1.165, 1.54) is 0 Å². The Labute approximate surface area is 101 Å². The fourth-order valence-electron chi connectivity index (χ4n) is 1.83. The molecule has 0 spiro atoms. The number of hydrogen-bond acceptors (Lipinski definition) is 5. The predicted molar refractivity (Wildman–Crippen MR) is 64.8 cm³/mol. The molecule has 90 valence electrons. The molecule has 1 aliphatic heterocycles. The van der Waals surface area contributed by atoms with Gasteiger partial charge in [0.1, 0.15) is 5.82 Å². The lowest BCUT2D eigenvalue weighted by Gasteiger charge is -2.28. The van der Waals surface area contributed by atoms with Crippen molar-refractivity contribution >= 4 is 5.82 Å². The summed E-state index contributed by atoms with van der Waals surface area (Å²) in [6, 6.07) is 5.61. The highest BCUT2D eigenvalue weighted by atomic mass is 16.5. The molecule has 2 heterocycles. The van der Waals surface area contributed by atoms with Crippen molar-refractivity contribution in [2.75, 3.05) is 38.2 Å². The Morgan fingerprint density at radius 2 is 2.59 bits per heavy atom. The van der Waals surface area contributed by atoms with Crippen LogP contribution in [0.25, 0.3) is 0 Å². The Morgan fingerprint density at radius 1 is 1.71 bits per heavy atom. The zero-order chi connectivity index (χ0) is 12.1. The molecule has 0 aromatic carbocycles. The molecule has 1 aromatic heterocycles. The molecule has 0 saturated carbocycles. The maximum Gasteiger partial charge on any atom is 0.129 e. The van der Waals surface area contributed by atoms with E-state index in [9.17, 15) is 0 Å². The van der Waals surface area contributed by atoms with Gasteiger partial charge in [-0.3, -0.25) is 0 Å². The minimum absolute atomic E-state index is 0.182. The molecule has 17 heavy (non-hydrogen) atoms. The molecule has 0 radical (unpaired) electrons. The van der Waals surface area contributed by atoms with E-state index in [1.807, 2.05) is 11.9 Å². The maximum absolute atomic E-state index is 8.83. The highest BCUT2D eigenvalue weighted by Crippen LogP contribution is 2.11. The van der Waals surface area contributed by atoms with Crippen LogP contribution in [0.3, 0.4) is 0 Å². The van der Waals surface area contributed by atoms with Crippen molar-refractivity contribution in [1.82, 2.24) is 10.3 Å². The Hall–Kier alpha value is -1.64. The standard InChI is InChI=1S/C12H16N4O/c1-16(9-11-8-14-4-5-17-11)12-6-10(7-13)2-3-15-12/h2-3,6,11,14H,4-5,8-9H2,1H3. The van der Waals surface area contributed by atoms with E-state index in [4.69, 9.17) is 10.00 Å². The molecule has 1 N–H and O–H groups in total. The van der Waals surface area contributed by atoms with Crippen molar-refractivity contribution in [1.29, 1.82) is 5.26 Å². The Kier molecular flexibility index (Phi) is 3.91. The van der Waals surface area contributed by atoms with Gasteiger partial charge in [-0.1, -0.05) is 0 Å². The molecule has 5 heteroatoms. The van der Waals surface area contributed by atoms with Gasteiger partial charge in [0.2, 0.25) is 0 Å². The second-order valence-corrected chi connectivity index (χ2v) is 4.09. The summed E-state index contributed by atoms with van der Waals surface area (Å²) in [6.07, 6.45) is 1.84. The van der Waals surface area contributed by atoms with Crippen LogP contribution in [-0.4, -0.2) is 44.4 Å². The summed E-state index contributed by atoms with van der Waals surface area (Å²) in [6.45, 7) is 3.31. The van der Waals surface area contributed by atoms with Crippen LogP contribution in [0.1, 0.15) is 5.56 Å². The summed E-state index contributed by atoms with van der Waals surface area (Å²) >= 11 is 0. The minimum Gasteiger partial charge on any atom is -0.374 e. The number of nitrogens with zero attached hydrogens (tertiary/aromatic N) is 3. The second-order valence-electron chi connectivity index (χ2n) is 4.09. The summed E-state index contributed by atoms with van der Waals surface area (Å²) in [5, 5.41) is 12.1. The summed E-state index contributed by atoms with van der Waals surface area (Å²) in [5.41, 5.74) is 0.629. The SMILES string of the molecule is CN(CC1CNCCO1)c1cc(C#N)ccn1. The lowest BCUT2D eigenvalue weighted by Crippen LogP contribution is -2.44. The molecular formula is C12H16N4O. The van der Waals surface area contributed by atoms with Crippen LogP contribution in [-0.2, 0) is 4.74 Å². The number of morpholine rings is 1. The smallest absolute Gasteiger partial charge is 0.129 e. The third kappa shape index (κ3) is 3.16. The molecule has 1 saturated heterocycles. The van der Waals surface area contributed by atoms with E-state index in [0.29, 0.717) is 5.56 Å². The van der Waals surface area contributed by atoms with Gasteiger partial charge in [0.15, 0.2) is 0 Å². The monoisotopic (exact) mass is 232 g/mol. The molecule has 1 atom stereocenters. The maximum atomic E-state index is 8.83. The van der Waals surface area contributed by atoms with Crippen LogP contribution in [0.15, 0.2) is 18.3 Å². The second kappa shape index (κ2) is 5.62. The molecule has 1 aliphatic rings. The van der Waals surface area contributed by atoms with Crippen molar-refractivity contribution in [2.24, 2.45) is 0 Å². The first kappa shape index (κ1) is 11.8. The first-order chi connectivity index (χ1) is 8.29. The van der Waals surface area contributed by atoms with E-state index >= 15 is 0 Å². The van der Waals surface area contributed by atoms with Crippen LogP contribution < -0.4 is 10.2 Å². The number of hydrogen-bond donors (Lipinski definition) is 1. The number of nitrogens with one attached hydrogen (secondary N) is 1. The summed E-state index contributed by atoms with van der Waals surface area (Å²) < 4.78 is 5.63. The highest BCUT2D eigenvalue weighted by Gasteiger charge is 2.16. The van der Waals surface area contributed by atoms with Crippen molar-refractivity contribution < 1.29 is 4.74 Å². The average Bonchev–Trinajstić information content (AvgIpc) is 2.40. The van der Waals surface area contributed by atoms with E-state index in [0.717, 1.165) is 32.1 Å². The van der Waals surface area contributed by atoms with Gasteiger partial charge < -0.3 is 15.0 Å². The van der Waals surface area contributed by atoms with Gasteiger partial charge in [0.05, 0.1) is 24.3 Å². The molecule has 0 aliphatic carbocycles. The van der Waals surface area contributed by atoms with Gasteiger partial charge in [0.25, 0.3) is 0 Å². The first-order valence-corrected chi connectivity index (χ1v) is 5.69. The lowest BCUT2D eigenvalue weighted by atomic mass is 10.2. The normalized spacial score (nSPS) is 19.6. The van der Waals surface area contributed by atoms with Crippen molar-refractivity contribution in [2.45, 2.75) is 6.10 Å². The number of anilines is 1. The number of ether oxygens (including phenoxy) is 1. The summed E-state index contributed by atoms with van der Waals surface area (Å²) in [7, 11) is 1.96. The van der Waals surface area contributed by atoms with Crippen LogP contribution in [0.2, 0.25) is 0 Å². The molecule has 2 rings (SSSR count). The van der Waals surface area contributed by atoms with Gasteiger partial charge in [-0.15, -0.1) is 0 Å². The van der Waals surface area contributed by atoms with E-state index < -0.39 is 0 Å².